The van der Waals surface area contributed by atoms with E-state index in [2.05, 4.69) is 5.32 Å². The third-order valence-electron chi connectivity index (χ3n) is 3.47. The van der Waals surface area contributed by atoms with Gasteiger partial charge in [-0.3, -0.25) is 14.9 Å². The van der Waals surface area contributed by atoms with Crippen LogP contribution in [-0.2, 0) is 17.8 Å². The maximum atomic E-state index is 11.9. The van der Waals surface area contributed by atoms with Crippen molar-refractivity contribution in [3.8, 4) is 11.8 Å². The van der Waals surface area contributed by atoms with Crippen LogP contribution < -0.4 is 5.32 Å². The Bertz CT molecular complexity index is 794. The summed E-state index contributed by atoms with van der Waals surface area (Å²) in [5.74, 6) is -0.335. The number of aromatic hydroxyl groups is 1. The van der Waals surface area contributed by atoms with Gasteiger partial charge < -0.3 is 10.4 Å². The summed E-state index contributed by atoms with van der Waals surface area (Å²) in [5, 5.41) is 31.8. The number of non-ortho nitro benzene ring substituents is 1. The predicted octanol–water partition coefficient (Wildman–Crippen LogP) is 2.42. The molecule has 0 aliphatic carbocycles. The second-order valence-corrected chi connectivity index (χ2v) is 5.16. The zero-order valence-electron chi connectivity index (χ0n) is 12.7. The van der Waals surface area contributed by atoms with Crippen LogP contribution in [0.4, 0.5) is 5.69 Å². The number of nitrogens with one attached hydrogen (secondary N) is 1. The molecule has 0 bridgehead atoms. The molecule has 0 fully saturated rings. The van der Waals surface area contributed by atoms with Crippen molar-refractivity contribution >= 4 is 11.6 Å². The van der Waals surface area contributed by atoms with Crippen molar-refractivity contribution in [3.05, 3.63) is 69.3 Å². The lowest BCUT2D eigenvalue weighted by Crippen LogP contribution is -2.23. The molecule has 0 aliphatic heterocycles. The SMILES string of the molecule is N#Cc1ccc(CCC(=O)NCc2cc([N+](=O)[O-])ccc2O)cc1. The second kappa shape index (κ2) is 7.74. The van der Waals surface area contributed by atoms with E-state index < -0.39 is 4.92 Å². The van der Waals surface area contributed by atoms with Gasteiger partial charge in [-0.2, -0.15) is 5.26 Å². The van der Waals surface area contributed by atoms with E-state index in [1.807, 2.05) is 6.07 Å². The number of carbonyl (C=O) groups excluding carboxylic acids is 1. The van der Waals surface area contributed by atoms with Crippen molar-refractivity contribution in [1.29, 1.82) is 5.26 Å². The molecule has 0 spiro atoms. The van der Waals surface area contributed by atoms with E-state index in [9.17, 15) is 20.0 Å². The van der Waals surface area contributed by atoms with Gasteiger partial charge in [0.15, 0.2) is 0 Å². The number of hydrogen-bond acceptors (Lipinski definition) is 5. The Morgan fingerprint density at radius 3 is 2.58 bits per heavy atom. The molecule has 0 heterocycles. The fourth-order valence-electron chi connectivity index (χ4n) is 2.11. The van der Waals surface area contributed by atoms with E-state index in [-0.39, 0.29) is 35.9 Å². The standard InChI is InChI=1S/C17H15N3O4/c18-10-13-3-1-12(2-4-13)5-8-17(22)19-11-14-9-15(20(23)24)6-7-16(14)21/h1-4,6-7,9,21H,5,8,11H2,(H,19,22). The average Bonchev–Trinajstić information content (AvgIpc) is 2.59. The number of nitro groups is 1. The Kier molecular flexibility index (Phi) is 5.47. The van der Waals surface area contributed by atoms with E-state index in [1.165, 1.54) is 18.2 Å². The van der Waals surface area contributed by atoms with Gasteiger partial charge in [-0.25, -0.2) is 0 Å². The first-order valence-electron chi connectivity index (χ1n) is 7.21. The first-order valence-corrected chi connectivity index (χ1v) is 7.21. The van der Waals surface area contributed by atoms with Crippen LogP contribution in [0, 0.1) is 21.4 Å². The van der Waals surface area contributed by atoms with E-state index >= 15 is 0 Å². The molecule has 0 atom stereocenters. The normalized spacial score (nSPS) is 9.96. The number of nitro benzene ring substituents is 1. The van der Waals surface area contributed by atoms with Crippen LogP contribution in [0.25, 0.3) is 0 Å². The summed E-state index contributed by atoms with van der Waals surface area (Å²) < 4.78 is 0. The lowest BCUT2D eigenvalue weighted by atomic mass is 10.1. The molecule has 0 aromatic heterocycles. The maximum absolute atomic E-state index is 11.9. The van der Waals surface area contributed by atoms with E-state index in [4.69, 9.17) is 5.26 Å². The number of phenolic OH excluding ortho intramolecular Hbond substituents is 1. The highest BCUT2D eigenvalue weighted by atomic mass is 16.6. The fraction of sp³-hybridized carbons (Fsp3) is 0.176. The molecular weight excluding hydrogens is 310 g/mol. The van der Waals surface area contributed by atoms with Crippen LogP contribution in [0.2, 0.25) is 0 Å². The number of benzene rings is 2. The van der Waals surface area contributed by atoms with Crippen LogP contribution in [0.5, 0.6) is 5.75 Å². The summed E-state index contributed by atoms with van der Waals surface area (Å²) in [6.45, 7) is 0.0136. The summed E-state index contributed by atoms with van der Waals surface area (Å²) in [6.07, 6.45) is 0.750. The van der Waals surface area contributed by atoms with Gasteiger partial charge >= 0.3 is 0 Å². The fourth-order valence-corrected chi connectivity index (χ4v) is 2.11. The Morgan fingerprint density at radius 1 is 1.25 bits per heavy atom. The van der Waals surface area contributed by atoms with E-state index in [0.29, 0.717) is 12.0 Å². The number of hydrogen-bond donors (Lipinski definition) is 2. The minimum atomic E-state index is -0.560. The molecule has 0 unspecified atom stereocenters. The molecule has 2 aromatic rings. The summed E-state index contributed by atoms with van der Waals surface area (Å²) >= 11 is 0. The van der Waals surface area contributed by atoms with E-state index in [0.717, 1.165) is 5.56 Å². The number of amides is 1. The zero-order chi connectivity index (χ0) is 17.5. The Labute approximate surface area is 138 Å². The van der Waals surface area contributed by atoms with Crippen molar-refractivity contribution in [2.24, 2.45) is 0 Å². The van der Waals surface area contributed by atoms with Gasteiger partial charge in [0.25, 0.3) is 5.69 Å². The smallest absolute Gasteiger partial charge is 0.270 e. The molecule has 0 aliphatic rings. The van der Waals surface area contributed by atoms with Gasteiger partial charge in [-0.05, 0) is 30.2 Å². The minimum Gasteiger partial charge on any atom is -0.508 e. The lowest BCUT2D eigenvalue weighted by molar-refractivity contribution is -0.384. The monoisotopic (exact) mass is 325 g/mol. The third-order valence-corrected chi connectivity index (χ3v) is 3.47. The van der Waals surface area contributed by atoms with Crippen molar-refractivity contribution in [1.82, 2.24) is 5.32 Å². The molecule has 0 saturated heterocycles. The highest BCUT2D eigenvalue weighted by Crippen LogP contribution is 2.22. The second-order valence-electron chi connectivity index (χ2n) is 5.16. The number of phenols is 1. The summed E-state index contributed by atoms with van der Waals surface area (Å²) in [6, 6.07) is 12.6. The van der Waals surface area contributed by atoms with Crippen LogP contribution in [0.3, 0.4) is 0 Å². The maximum Gasteiger partial charge on any atom is 0.270 e. The first kappa shape index (κ1) is 17.0. The Balaban J connectivity index is 1.88. The number of rotatable bonds is 6. The molecule has 24 heavy (non-hydrogen) atoms. The highest BCUT2D eigenvalue weighted by molar-refractivity contribution is 5.76. The summed E-state index contributed by atoms with van der Waals surface area (Å²) in [4.78, 5) is 22.0. The summed E-state index contributed by atoms with van der Waals surface area (Å²) in [5.41, 5.74) is 1.64. The van der Waals surface area contributed by atoms with Crippen molar-refractivity contribution in [2.75, 3.05) is 0 Å². The van der Waals surface area contributed by atoms with Gasteiger partial charge in [0, 0.05) is 30.7 Å². The molecule has 7 nitrogen and oxygen atoms in total. The average molecular weight is 325 g/mol. The predicted molar refractivity (Wildman–Crippen MR) is 86.1 cm³/mol. The van der Waals surface area contributed by atoms with Gasteiger partial charge in [0.05, 0.1) is 16.6 Å². The molecule has 2 N–H and O–H groups in total. The molecule has 2 aromatic carbocycles. The highest BCUT2D eigenvalue weighted by Gasteiger charge is 2.11. The quantitative estimate of drug-likeness (QED) is 0.625. The van der Waals surface area contributed by atoms with Crippen molar-refractivity contribution < 1.29 is 14.8 Å². The van der Waals surface area contributed by atoms with Gasteiger partial charge in [0.2, 0.25) is 5.91 Å². The molecular formula is C17H15N3O4. The van der Waals surface area contributed by atoms with Crippen LogP contribution in [0.15, 0.2) is 42.5 Å². The van der Waals surface area contributed by atoms with Crippen molar-refractivity contribution in [3.63, 3.8) is 0 Å². The topological polar surface area (TPSA) is 116 Å². The van der Waals surface area contributed by atoms with Gasteiger partial charge in [-0.15, -0.1) is 0 Å². The Hall–Kier alpha value is -3.40. The number of nitriles is 1. The molecule has 122 valence electrons. The number of carbonyl (C=O) groups is 1. The third kappa shape index (κ3) is 4.55. The molecule has 7 heteroatoms. The van der Waals surface area contributed by atoms with Gasteiger partial charge in [-0.1, -0.05) is 12.1 Å². The Morgan fingerprint density at radius 2 is 1.96 bits per heavy atom. The minimum absolute atomic E-state index is 0.0136. The molecule has 0 radical (unpaired) electrons. The molecule has 1 amide bonds. The van der Waals surface area contributed by atoms with Crippen LogP contribution in [0.1, 0.15) is 23.1 Å². The van der Waals surface area contributed by atoms with Gasteiger partial charge in [0.1, 0.15) is 5.75 Å². The largest absolute Gasteiger partial charge is 0.508 e. The first-order chi connectivity index (χ1) is 11.5. The number of nitrogens with zero attached hydrogens (tertiary/aromatic N) is 2. The zero-order valence-corrected chi connectivity index (χ0v) is 12.7. The number of aryl methyl sites for hydroxylation is 1. The van der Waals surface area contributed by atoms with Crippen LogP contribution >= 0.6 is 0 Å². The lowest BCUT2D eigenvalue weighted by Gasteiger charge is -2.07. The van der Waals surface area contributed by atoms with Crippen LogP contribution in [-0.4, -0.2) is 15.9 Å². The molecule has 0 saturated carbocycles. The van der Waals surface area contributed by atoms with E-state index in [1.54, 1.807) is 24.3 Å². The summed E-state index contributed by atoms with van der Waals surface area (Å²) in [7, 11) is 0. The van der Waals surface area contributed by atoms with Crippen molar-refractivity contribution in [2.45, 2.75) is 19.4 Å². The molecule has 2 rings (SSSR count).